The Balaban J connectivity index is 2.56. The van der Waals surface area contributed by atoms with E-state index in [-0.39, 0.29) is 0 Å². The zero-order valence-electron chi connectivity index (χ0n) is 7.92. The Hall–Kier alpha value is -1.40. The van der Waals surface area contributed by atoms with Gasteiger partial charge in [-0.05, 0) is 12.0 Å². The average Bonchev–Trinajstić information content (AvgIpc) is 2.18. The van der Waals surface area contributed by atoms with Gasteiger partial charge in [-0.1, -0.05) is 30.3 Å². The Kier molecular flexibility index (Phi) is 4.26. The molecule has 0 aliphatic carbocycles. The van der Waals surface area contributed by atoms with Crippen molar-refractivity contribution in [3.63, 3.8) is 0 Å². The summed E-state index contributed by atoms with van der Waals surface area (Å²) in [5.74, 6) is -0.685. The minimum absolute atomic E-state index is 0.315. The van der Waals surface area contributed by atoms with E-state index in [4.69, 9.17) is 5.73 Å². The van der Waals surface area contributed by atoms with Crippen molar-refractivity contribution in [1.29, 1.82) is 0 Å². The molecule has 3 N–H and O–H groups in total. The van der Waals surface area contributed by atoms with Crippen molar-refractivity contribution in [3.05, 3.63) is 35.9 Å². The van der Waals surface area contributed by atoms with Crippen molar-refractivity contribution in [3.8, 4) is 0 Å². The molecule has 1 atom stereocenters. The van der Waals surface area contributed by atoms with Crippen molar-refractivity contribution in [2.75, 3.05) is 0 Å². The van der Waals surface area contributed by atoms with Gasteiger partial charge in [0.2, 0.25) is 16.8 Å². The molecule has 82 valence electrons. The van der Waals surface area contributed by atoms with Crippen LogP contribution in [0.1, 0.15) is 5.56 Å². The molecule has 0 aromatic heterocycles. The number of carbonyl (C=O) groups excluding carboxylic acids is 1. The molecule has 0 bridgehead atoms. The van der Waals surface area contributed by atoms with E-state index in [1.807, 2.05) is 30.3 Å². The number of amides is 1. The maximum absolute atomic E-state index is 11.1. The standard InChI is InChI=1S/C9H12N2O3S/c10-8(9(12)11-15(13)14)6-7-4-2-1-3-5-7/h1-5,8,15H,6,10H2,(H,11,12,13,14)/t8-/m0/s1. The minimum Gasteiger partial charge on any atom is -0.320 e. The van der Waals surface area contributed by atoms with Crippen LogP contribution in [0.2, 0.25) is 0 Å². The fraction of sp³-hybridized carbons (Fsp3) is 0.222. The Bertz CT molecular complexity index is 395. The highest BCUT2D eigenvalue weighted by molar-refractivity contribution is 7.71. The van der Waals surface area contributed by atoms with E-state index in [1.54, 1.807) is 4.72 Å². The molecule has 0 saturated carbocycles. The molecule has 1 amide bonds. The van der Waals surface area contributed by atoms with Gasteiger partial charge in [-0.15, -0.1) is 0 Å². The largest absolute Gasteiger partial charge is 0.320 e. The number of nitrogens with one attached hydrogen (secondary N) is 1. The molecule has 5 nitrogen and oxygen atoms in total. The second kappa shape index (κ2) is 5.47. The van der Waals surface area contributed by atoms with E-state index in [1.165, 1.54) is 0 Å². The summed E-state index contributed by atoms with van der Waals surface area (Å²) in [5, 5.41) is 0. The summed E-state index contributed by atoms with van der Waals surface area (Å²) in [5.41, 5.74) is 6.41. The molecule has 15 heavy (non-hydrogen) atoms. The number of hydrogen-bond donors (Lipinski definition) is 3. The molecule has 0 aliphatic heterocycles. The van der Waals surface area contributed by atoms with Crippen molar-refractivity contribution >= 4 is 16.8 Å². The van der Waals surface area contributed by atoms with Gasteiger partial charge in [0, 0.05) is 0 Å². The van der Waals surface area contributed by atoms with Gasteiger partial charge in [0.15, 0.2) is 0 Å². The third-order valence-electron chi connectivity index (χ3n) is 1.84. The van der Waals surface area contributed by atoms with E-state index < -0.39 is 22.8 Å². The first-order valence-electron chi connectivity index (χ1n) is 4.34. The fourth-order valence-corrected chi connectivity index (χ4v) is 1.48. The number of carbonyl (C=O) groups is 1. The van der Waals surface area contributed by atoms with E-state index in [0.717, 1.165) is 5.56 Å². The molecule has 1 rings (SSSR count). The highest BCUT2D eigenvalue weighted by Gasteiger charge is 2.13. The van der Waals surface area contributed by atoms with Crippen molar-refractivity contribution in [1.82, 2.24) is 4.72 Å². The summed E-state index contributed by atoms with van der Waals surface area (Å²) in [4.78, 5) is 11.1. The molecular weight excluding hydrogens is 216 g/mol. The predicted molar refractivity (Wildman–Crippen MR) is 56.6 cm³/mol. The quantitative estimate of drug-likeness (QED) is 0.588. The first-order valence-corrected chi connectivity index (χ1v) is 5.51. The van der Waals surface area contributed by atoms with Crippen LogP contribution in [-0.2, 0) is 22.1 Å². The summed E-state index contributed by atoms with van der Waals surface area (Å²) in [7, 11) is -2.93. The van der Waals surface area contributed by atoms with Gasteiger partial charge in [0.1, 0.15) is 0 Å². The topological polar surface area (TPSA) is 89.3 Å². The minimum atomic E-state index is -2.93. The molecule has 6 heteroatoms. The molecule has 0 radical (unpaired) electrons. The number of thiol groups is 1. The van der Waals surface area contributed by atoms with Crippen LogP contribution in [0.25, 0.3) is 0 Å². The molecule has 0 saturated heterocycles. The van der Waals surface area contributed by atoms with E-state index >= 15 is 0 Å². The lowest BCUT2D eigenvalue weighted by molar-refractivity contribution is -0.120. The lowest BCUT2D eigenvalue weighted by atomic mass is 10.1. The van der Waals surface area contributed by atoms with Gasteiger partial charge in [0.25, 0.3) is 0 Å². The number of nitrogens with two attached hydrogens (primary N) is 1. The summed E-state index contributed by atoms with van der Waals surface area (Å²) in [6.07, 6.45) is 0.315. The predicted octanol–water partition coefficient (Wildman–Crippen LogP) is -0.801. The van der Waals surface area contributed by atoms with Crippen LogP contribution in [-0.4, -0.2) is 20.4 Å². The summed E-state index contributed by atoms with van der Waals surface area (Å²) in [6.45, 7) is 0. The van der Waals surface area contributed by atoms with Crippen LogP contribution in [0.4, 0.5) is 0 Å². The fourth-order valence-electron chi connectivity index (χ4n) is 1.13. The molecule has 0 aliphatic rings. The monoisotopic (exact) mass is 228 g/mol. The average molecular weight is 228 g/mol. The van der Waals surface area contributed by atoms with E-state index in [0.29, 0.717) is 6.42 Å². The first kappa shape index (κ1) is 11.7. The van der Waals surface area contributed by atoms with Crippen LogP contribution < -0.4 is 10.5 Å². The van der Waals surface area contributed by atoms with Gasteiger partial charge in [0.05, 0.1) is 6.04 Å². The lowest BCUT2D eigenvalue weighted by Gasteiger charge is -2.08. The maximum atomic E-state index is 11.1. The van der Waals surface area contributed by atoms with Gasteiger partial charge in [-0.25, -0.2) is 8.42 Å². The SMILES string of the molecule is N[C@@H](Cc1ccccc1)C(=O)N[SH](=O)=O. The summed E-state index contributed by atoms with van der Waals surface area (Å²) in [6, 6.07) is 8.31. The highest BCUT2D eigenvalue weighted by Crippen LogP contribution is 2.01. The molecule has 0 heterocycles. The molecule has 1 aromatic carbocycles. The van der Waals surface area contributed by atoms with Crippen LogP contribution in [0, 0.1) is 0 Å². The van der Waals surface area contributed by atoms with Crippen LogP contribution in [0.5, 0.6) is 0 Å². The van der Waals surface area contributed by atoms with Crippen LogP contribution >= 0.6 is 0 Å². The highest BCUT2D eigenvalue weighted by atomic mass is 32.2. The third kappa shape index (κ3) is 4.09. The van der Waals surface area contributed by atoms with Gasteiger partial charge < -0.3 is 5.73 Å². The zero-order chi connectivity index (χ0) is 11.3. The number of rotatable bonds is 4. The van der Waals surface area contributed by atoms with Crippen molar-refractivity contribution in [2.24, 2.45) is 5.73 Å². The Labute approximate surface area is 89.4 Å². The van der Waals surface area contributed by atoms with Crippen molar-refractivity contribution < 1.29 is 13.2 Å². The second-order valence-corrected chi connectivity index (χ2v) is 3.77. The van der Waals surface area contributed by atoms with Crippen LogP contribution in [0.3, 0.4) is 0 Å². The number of benzene rings is 1. The molecule has 0 spiro atoms. The van der Waals surface area contributed by atoms with E-state index in [2.05, 4.69) is 0 Å². The number of hydrogen-bond acceptors (Lipinski definition) is 4. The Morgan fingerprint density at radius 2 is 1.93 bits per heavy atom. The third-order valence-corrected chi connectivity index (χ3v) is 2.24. The Morgan fingerprint density at radius 1 is 1.33 bits per heavy atom. The summed E-state index contributed by atoms with van der Waals surface area (Å²) < 4.78 is 22.2. The molecule has 1 aromatic rings. The smallest absolute Gasteiger partial charge is 0.250 e. The maximum Gasteiger partial charge on any atom is 0.250 e. The summed E-state index contributed by atoms with van der Waals surface area (Å²) >= 11 is 0. The second-order valence-electron chi connectivity index (χ2n) is 3.03. The van der Waals surface area contributed by atoms with Gasteiger partial charge in [-0.2, -0.15) is 0 Å². The van der Waals surface area contributed by atoms with Crippen molar-refractivity contribution in [2.45, 2.75) is 12.5 Å². The molecule has 0 unspecified atom stereocenters. The normalized spacial score (nSPS) is 12.4. The zero-order valence-corrected chi connectivity index (χ0v) is 8.81. The first-order chi connectivity index (χ1) is 7.09. The van der Waals surface area contributed by atoms with Gasteiger partial charge >= 0.3 is 0 Å². The van der Waals surface area contributed by atoms with Crippen LogP contribution in [0.15, 0.2) is 30.3 Å². The lowest BCUT2D eigenvalue weighted by Crippen LogP contribution is -2.41. The molecular formula is C9H12N2O3S. The van der Waals surface area contributed by atoms with Gasteiger partial charge in [-0.3, -0.25) is 9.52 Å². The van der Waals surface area contributed by atoms with E-state index in [9.17, 15) is 13.2 Å². The molecule has 0 fully saturated rings. The Morgan fingerprint density at radius 3 is 2.47 bits per heavy atom.